The van der Waals surface area contributed by atoms with E-state index in [1.165, 1.54) is 17.5 Å². The highest BCUT2D eigenvalue weighted by Gasteiger charge is 2.11. The van der Waals surface area contributed by atoms with E-state index in [-0.39, 0.29) is 5.91 Å². The average molecular weight is 247 g/mol. The van der Waals surface area contributed by atoms with Crippen LogP contribution in [0.2, 0.25) is 0 Å². The number of carbonyl (C=O) groups is 1. The number of nitrogens with zero attached hydrogens (tertiary/aromatic N) is 1. The number of nitrogens with two attached hydrogens (primary N) is 1. The molecule has 1 heterocycles. The Hall–Kier alpha value is -1.88. The minimum absolute atomic E-state index is 0.152. The zero-order chi connectivity index (χ0) is 12.4. The van der Waals surface area contributed by atoms with Crippen molar-refractivity contribution in [2.24, 2.45) is 0 Å². The van der Waals surface area contributed by atoms with Crippen molar-refractivity contribution in [2.45, 2.75) is 13.8 Å². The number of benzene rings is 1. The van der Waals surface area contributed by atoms with E-state index in [1.807, 2.05) is 32.0 Å². The number of carbonyl (C=O) groups excluding carboxylic acids is 1. The van der Waals surface area contributed by atoms with E-state index in [0.717, 1.165) is 11.1 Å². The van der Waals surface area contributed by atoms with E-state index in [9.17, 15) is 4.79 Å². The Morgan fingerprint density at radius 2 is 2.18 bits per heavy atom. The molecule has 0 aliphatic heterocycles. The summed E-state index contributed by atoms with van der Waals surface area (Å²) < 4.78 is 0. The van der Waals surface area contributed by atoms with Crippen molar-refractivity contribution in [1.29, 1.82) is 0 Å². The summed E-state index contributed by atoms with van der Waals surface area (Å²) in [4.78, 5) is 16.0. The SMILES string of the molecule is Cc1ccc(C)c(C(=O)Nc2ncc(N)s2)c1. The molecule has 0 radical (unpaired) electrons. The number of amides is 1. The molecule has 3 N–H and O–H groups in total. The minimum Gasteiger partial charge on any atom is -0.389 e. The summed E-state index contributed by atoms with van der Waals surface area (Å²) in [5.41, 5.74) is 8.21. The molecule has 0 aliphatic carbocycles. The highest BCUT2D eigenvalue weighted by atomic mass is 32.1. The molecule has 0 saturated heterocycles. The summed E-state index contributed by atoms with van der Waals surface area (Å²) in [6.45, 7) is 3.86. The number of nitrogens with one attached hydrogen (secondary N) is 1. The second kappa shape index (κ2) is 4.55. The van der Waals surface area contributed by atoms with Crippen LogP contribution in [0.15, 0.2) is 24.4 Å². The third-order valence-electron chi connectivity index (χ3n) is 2.38. The molecule has 88 valence electrons. The van der Waals surface area contributed by atoms with Crippen LogP contribution in [0.3, 0.4) is 0 Å². The Morgan fingerprint density at radius 1 is 1.41 bits per heavy atom. The molecule has 1 amide bonds. The second-order valence-corrected chi connectivity index (χ2v) is 4.90. The predicted octanol–water partition coefficient (Wildman–Crippen LogP) is 2.59. The van der Waals surface area contributed by atoms with Gasteiger partial charge in [-0.25, -0.2) is 4.98 Å². The fourth-order valence-electron chi connectivity index (χ4n) is 1.49. The van der Waals surface area contributed by atoms with E-state index < -0.39 is 0 Å². The first kappa shape index (κ1) is 11.6. The van der Waals surface area contributed by atoms with Gasteiger partial charge in [-0.05, 0) is 25.5 Å². The zero-order valence-corrected chi connectivity index (χ0v) is 10.5. The minimum atomic E-state index is -0.152. The van der Waals surface area contributed by atoms with Crippen LogP contribution in [0.1, 0.15) is 21.5 Å². The van der Waals surface area contributed by atoms with E-state index in [0.29, 0.717) is 15.7 Å². The van der Waals surface area contributed by atoms with Crippen molar-refractivity contribution in [3.8, 4) is 0 Å². The highest BCUT2D eigenvalue weighted by molar-refractivity contribution is 7.19. The fourth-order valence-corrected chi connectivity index (χ4v) is 2.07. The summed E-state index contributed by atoms with van der Waals surface area (Å²) in [5.74, 6) is -0.152. The highest BCUT2D eigenvalue weighted by Crippen LogP contribution is 2.21. The molecule has 1 aromatic heterocycles. The smallest absolute Gasteiger partial charge is 0.257 e. The molecule has 5 heteroatoms. The Morgan fingerprint density at radius 3 is 2.82 bits per heavy atom. The Labute approximate surface area is 103 Å². The number of thiazole rings is 1. The van der Waals surface area contributed by atoms with Gasteiger partial charge in [-0.3, -0.25) is 10.1 Å². The van der Waals surface area contributed by atoms with Crippen molar-refractivity contribution in [3.05, 3.63) is 41.1 Å². The number of aromatic nitrogens is 1. The van der Waals surface area contributed by atoms with Gasteiger partial charge in [0.15, 0.2) is 5.13 Å². The van der Waals surface area contributed by atoms with Crippen molar-refractivity contribution in [3.63, 3.8) is 0 Å². The van der Waals surface area contributed by atoms with Gasteiger partial charge in [0.25, 0.3) is 5.91 Å². The van der Waals surface area contributed by atoms with Crippen LogP contribution in [0, 0.1) is 13.8 Å². The summed E-state index contributed by atoms with van der Waals surface area (Å²) in [7, 11) is 0. The molecule has 0 spiro atoms. The van der Waals surface area contributed by atoms with Crippen molar-refractivity contribution in [1.82, 2.24) is 4.98 Å². The number of hydrogen-bond acceptors (Lipinski definition) is 4. The zero-order valence-electron chi connectivity index (χ0n) is 9.65. The van der Waals surface area contributed by atoms with Gasteiger partial charge in [-0.2, -0.15) is 0 Å². The number of nitrogen functional groups attached to an aromatic ring is 1. The molecule has 0 aliphatic rings. The van der Waals surface area contributed by atoms with Gasteiger partial charge in [0.2, 0.25) is 0 Å². The Bertz CT molecular complexity index is 563. The number of rotatable bonds is 2. The van der Waals surface area contributed by atoms with E-state index in [2.05, 4.69) is 10.3 Å². The van der Waals surface area contributed by atoms with Gasteiger partial charge in [0.05, 0.1) is 6.20 Å². The molecule has 2 aromatic rings. The maximum atomic E-state index is 12.0. The van der Waals surface area contributed by atoms with Crippen LogP contribution < -0.4 is 11.1 Å². The fraction of sp³-hybridized carbons (Fsp3) is 0.167. The first-order valence-corrected chi connectivity index (χ1v) is 5.98. The van der Waals surface area contributed by atoms with Crippen LogP contribution in [-0.2, 0) is 0 Å². The van der Waals surface area contributed by atoms with Crippen LogP contribution >= 0.6 is 11.3 Å². The van der Waals surface area contributed by atoms with E-state index in [1.54, 1.807) is 0 Å². The van der Waals surface area contributed by atoms with Gasteiger partial charge in [0.1, 0.15) is 5.00 Å². The van der Waals surface area contributed by atoms with Gasteiger partial charge < -0.3 is 5.73 Å². The van der Waals surface area contributed by atoms with Gasteiger partial charge in [0, 0.05) is 5.56 Å². The quantitative estimate of drug-likeness (QED) is 0.857. The van der Waals surface area contributed by atoms with Crippen LogP contribution in [0.4, 0.5) is 10.1 Å². The van der Waals surface area contributed by atoms with E-state index >= 15 is 0 Å². The maximum absolute atomic E-state index is 12.0. The lowest BCUT2D eigenvalue weighted by Crippen LogP contribution is -2.13. The van der Waals surface area contributed by atoms with Gasteiger partial charge in [-0.1, -0.05) is 29.0 Å². The Balaban J connectivity index is 2.22. The van der Waals surface area contributed by atoms with Crippen LogP contribution in [0.25, 0.3) is 0 Å². The molecule has 17 heavy (non-hydrogen) atoms. The summed E-state index contributed by atoms with van der Waals surface area (Å²) >= 11 is 1.26. The topological polar surface area (TPSA) is 68.0 Å². The third kappa shape index (κ3) is 2.62. The predicted molar refractivity (Wildman–Crippen MR) is 70.4 cm³/mol. The standard InChI is InChI=1S/C12H13N3OS/c1-7-3-4-8(2)9(5-7)11(16)15-12-14-6-10(13)17-12/h3-6H,13H2,1-2H3,(H,14,15,16). The van der Waals surface area contributed by atoms with Crippen molar-refractivity contribution in [2.75, 3.05) is 11.1 Å². The van der Waals surface area contributed by atoms with Gasteiger partial charge >= 0.3 is 0 Å². The Kier molecular flexibility index (Phi) is 3.10. The molecule has 0 atom stereocenters. The third-order valence-corrected chi connectivity index (χ3v) is 3.12. The monoisotopic (exact) mass is 247 g/mol. The molecule has 0 saturated carbocycles. The van der Waals surface area contributed by atoms with Crippen molar-refractivity contribution < 1.29 is 4.79 Å². The number of hydrogen-bond donors (Lipinski definition) is 2. The number of anilines is 2. The second-order valence-electron chi connectivity index (χ2n) is 3.84. The molecule has 2 rings (SSSR count). The lowest BCUT2D eigenvalue weighted by molar-refractivity contribution is 0.102. The van der Waals surface area contributed by atoms with E-state index in [4.69, 9.17) is 5.73 Å². The molecule has 0 bridgehead atoms. The lowest BCUT2D eigenvalue weighted by atomic mass is 10.1. The normalized spacial score (nSPS) is 10.2. The first-order valence-electron chi connectivity index (χ1n) is 5.16. The summed E-state index contributed by atoms with van der Waals surface area (Å²) in [5, 5.41) is 3.84. The summed E-state index contributed by atoms with van der Waals surface area (Å²) in [6, 6.07) is 5.77. The molecular weight excluding hydrogens is 234 g/mol. The average Bonchev–Trinajstić information content (AvgIpc) is 2.67. The van der Waals surface area contributed by atoms with Crippen molar-refractivity contribution >= 4 is 27.4 Å². The van der Waals surface area contributed by atoms with Crippen LogP contribution in [0.5, 0.6) is 0 Å². The number of aryl methyl sites for hydroxylation is 2. The molecule has 4 nitrogen and oxygen atoms in total. The van der Waals surface area contributed by atoms with Crippen LogP contribution in [-0.4, -0.2) is 10.9 Å². The molecule has 1 aromatic carbocycles. The lowest BCUT2D eigenvalue weighted by Gasteiger charge is -2.06. The van der Waals surface area contributed by atoms with Gasteiger partial charge in [-0.15, -0.1) is 0 Å². The molecule has 0 unspecified atom stereocenters. The largest absolute Gasteiger partial charge is 0.389 e. The molecule has 0 fully saturated rings. The first-order chi connectivity index (χ1) is 8.06. The molecular formula is C12H13N3OS. The summed E-state index contributed by atoms with van der Waals surface area (Å²) in [6.07, 6.45) is 1.53. The maximum Gasteiger partial charge on any atom is 0.257 e.